The van der Waals surface area contributed by atoms with Gasteiger partial charge >= 0.3 is 0 Å². The third-order valence-electron chi connectivity index (χ3n) is 24.2. The predicted octanol–water partition coefficient (Wildman–Crippen LogP) is 26.1. The van der Waals surface area contributed by atoms with Crippen molar-refractivity contribution in [2.45, 2.75) is 26.2 Å². The van der Waals surface area contributed by atoms with Crippen LogP contribution in [0.25, 0.3) is 154 Å². The maximum Gasteiger partial charge on any atom is 0.252 e. The number of para-hydroxylation sites is 6. The second-order valence-electron chi connectivity index (χ2n) is 31.6. The molecule has 0 fully saturated rings. The van der Waals surface area contributed by atoms with Crippen molar-refractivity contribution in [1.82, 2.24) is 18.3 Å². The van der Waals surface area contributed by atoms with Crippen LogP contribution in [0.2, 0.25) is 0 Å². The zero-order valence-electron chi connectivity index (χ0n) is 62.7. The summed E-state index contributed by atoms with van der Waals surface area (Å²) in [5.74, 6) is 0. The highest BCUT2D eigenvalue weighted by molar-refractivity contribution is 7.00. The second-order valence-corrected chi connectivity index (χ2v) is 31.6. The molecule has 7 heteroatoms. The van der Waals surface area contributed by atoms with E-state index in [-0.39, 0.29) is 12.1 Å². The zero-order valence-corrected chi connectivity index (χ0v) is 62.7. The molecule has 2 aliphatic rings. The summed E-state index contributed by atoms with van der Waals surface area (Å²) in [5, 5.41) is 9.55. The highest BCUT2D eigenvalue weighted by Gasteiger charge is 2.46. The molecule has 0 saturated heterocycles. The van der Waals surface area contributed by atoms with Gasteiger partial charge in [0.15, 0.2) is 0 Å². The molecule has 17 aromatic carbocycles. The smallest absolute Gasteiger partial charge is 0.252 e. The molecule has 21 aromatic rings. The molecule has 23 rings (SSSR count). The fraction of sp³-hybridized carbons (Fsp3) is 0.0377. The van der Waals surface area contributed by atoms with Crippen LogP contribution >= 0.6 is 0 Å². The largest absolute Gasteiger partial charge is 0.309 e. The van der Waals surface area contributed by atoms with Crippen LogP contribution in [0.3, 0.4) is 0 Å². The molecule has 4 aromatic heterocycles. The summed E-state index contributed by atoms with van der Waals surface area (Å²) in [5.41, 5.74) is 33.7. The van der Waals surface area contributed by atoms with Crippen LogP contribution in [0, 0.1) is 0 Å². The van der Waals surface area contributed by atoms with Crippen molar-refractivity contribution in [3.05, 3.63) is 394 Å². The summed E-state index contributed by atoms with van der Waals surface area (Å²) >= 11 is 0. The van der Waals surface area contributed by atoms with Gasteiger partial charge in [-0.3, -0.25) is 0 Å². The number of rotatable bonds is 10. The maximum atomic E-state index is 2.72. The minimum atomic E-state index is -0.378. The summed E-state index contributed by atoms with van der Waals surface area (Å²) in [7, 11) is 0. The lowest BCUT2D eigenvalue weighted by atomic mass is 9.33. The molecule has 0 N–H and O–H groups in total. The molecule has 2 aliphatic heterocycles. The zero-order chi connectivity index (χ0) is 74.7. The summed E-state index contributed by atoms with van der Waals surface area (Å²) in [6.45, 7) is 6.92. The summed E-state index contributed by atoms with van der Waals surface area (Å²) in [6.07, 6.45) is 0. The molecule has 6 nitrogen and oxygen atoms in total. The van der Waals surface area contributed by atoms with E-state index in [0.29, 0.717) is 0 Å². The fourth-order valence-electron chi connectivity index (χ4n) is 19.1. The molecule has 113 heavy (non-hydrogen) atoms. The van der Waals surface area contributed by atoms with Crippen LogP contribution in [0.5, 0.6) is 0 Å². The van der Waals surface area contributed by atoms with Gasteiger partial charge in [0.05, 0.1) is 55.5 Å². The Balaban J connectivity index is 0.906. The summed E-state index contributed by atoms with van der Waals surface area (Å²) in [4.78, 5) is 5.44. The first-order valence-corrected chi connectivity index (χ1v) is 39.3. The van der Waals surface area contributed by atoms with E-state index in [1.54, 1.807) is 0 Å². The first kappa shape index (κ1) is 64.6. The van der Waals surface area contributed by atoms with Crippen molar-refractivity contribution in [3.63, 3.8) is 0 Å². The Labute approximate surface area is 655 Å². The van der Waals surface area contributed by atoms with Crippen LogP contribution in [0.4, 0.5) is 34.1 Å². The first-order valence-electron chi connectivity index (χ1n) is 39.3. The maximum absolute atomic E-state index is 2.72. The predicted molar refractivity (Wildman–Crippen MR) is 478 cm³/mol. The van der Waals surface area contributed by atoms with E-state index in [1.807, 2.05) is 0 Å². The van der Waals surface area contributed by atoms with E-state index in [9.17, 15) is 0 Å². The molecular formula is C106H73BN6. The van der Waals surface area contributed by atoms with Crippen LogP contribution < -0.4 is 26.2 Å². The number of benzene rings is 17. The van der Waals surface area contributed by atoms with E-state index in [4.69, 9.17) is 0 Å². The summed E-state index contributed by atoms with van der Waals surface area (Å²) in [6, 6.07) is 146. The number of fused-ring (bicyclic) bond motifs is 16. The van der Waals surface area contributed by atoms with Gasteiger partial charge in [0, 0.05) is 88.6 Å². The van der Waals surface area contributed by atoms with Gasteiger partial charge < -0.3 is 28.1 Å². The lowest BCUT2D eigenvalue weighted by Gasteiger charge is -2.45. The molecule has 6 heterocycles. The van der Waals surface area contributed by atoms with Crippen LogP contribution in [-0.2, 0) is 5.41 Å². The third kappa shape index (κ3) is 9.94. The molecule has 0 bridgehead atoms. The third-order valence-corrected chi connectivity index (χ3v) is 24.2. The van der Waals surface area contributed by atoms with E-state index in [2.05, 4.69) is 437 Å². The molecule has 0 aliphatic carbocycles. The SMILES string of the molecule is CC(C)(C)c1cc2c3c(c1)N(c1cc(-c4ccccc4)cc4c5cc(-c6ccccc6)ccc5n(-c5ccccc5)c14)c1cc(-n4c5ccccc5c5ccccc54)ccc1B3c1ccc(-n3c4ccccc4c4ccccc43)cc1N2c1cc(-c2ccccc2)cc2c3cc(-c4ccccc4)ccc3n(-c3ccccc3)c12. The number of hydrogen-bond acceptors (Lipinski definition) is 2. The molecule has 0 atom stereocenters. The highest BCUT2D eigenvalue weighted by atomic mass is 15.2. The fourth-order valence-corrected chi connectivity index (χ4v) is 19.1. The Kier molecular flexibility index (Phi) is 14.3. The van der Waals surface area contributed by atoms with E-state index >= 15 is 0 Å². The van der Waals surface area contributed by atoms with Gasteiger partial charge in [-0.1, -0.05) is 276 Å². The Morgan fingerprint density at radius 2 is 0.513 bits per heavy atom. The number of anilines is 6. The van der Waals surface area contributed by atoms with Crippen molar-refractivity contribution in [2.24, 2.45) is 0 Å². The second kappa shape index (κ2) is 25.1. The first-order chi connectivity index (χ1) is 55.7. The average Bonchev–Trinajstić information content (AvgIpc) is 1.62. The molecule has 0 saturated carbocycles. The molecule has 0 radical (unpaired) electrons. The van der Waals surface area contributed by atoms with Crippen molar-refractivity contribution < 1.29 is 0 Å². The Bertz CT molecular complexity index is 6910. The van der Waals surface area contributed by atoms with Gasteiger partial charge in [0.2, 0.25) is 0 Å². The van der Waals surface area contributed by atoms with Crippen LogP contribution in [0.15, 0.2) is 388 Å². The molecule has 530 valence electrons. The topological polar surface area (TPSA) is 26.2 Å². The lowest BCUT2D eigenvalue weighted by molar-refractivity contribution is 0.590. The Hall–Kier alpha value is -14.4. The minimum absolute atomic E-state index is 0.284. The minimum Gasteiger partial charge on any atom is -0.309 e. The molecule has 0 amide bonds. The Morgan fingerprint density at radius 3 is 0.867 bits per heavy atom. The summed E-state index contributed by atoms with van der Waals surface area (Å²) < 4.78 is 10.1. The van der Waals surface area contributed by atoms with Crippen molar-refractivity contribution in [2.75, 3.05) is 9.80 Å². The van der Waals surface area contributed by atoms with Gasteiger partial charge in [0.1, 0.15) is 0 Å². The standard InChI is InChI=1S/C106H73BN6/c1-106(2,3)76-64-99-103-100(65-76)113(102-63-75(71-36-16-7-17-37-71)61-88-86-59-73(69-32-12-5-13-33-69)51-57-96(86)111(105(88)102)78-40-20-9-21-41-78)98-67-80(109-93-48-28-24-44-83(93)84-45-25-29-49-94(84)109)53-55-90(98)107(103)89-54-52-79(108-91-46-26-22-42-81(91)82-43-23-27-47-92(82)108)66-97(89)112(99)101-62-74(70-34-14-6-15-35-70)60-87-85-58-72(68-30-10-4-11-31-68)50-56-95(85)110(104(87)101)77-38-18-8-19-39-77/h4-67H,1-3H3. The van der Waals surface area contributed by atoms with Gasteiger partial charge in [0.25, 0.3) is 6.71 Å². The molecule has 0 unspecified atom stereocenters. The van der Waals surface area contributed by atoms with E-state index < -0.39 is 0 Å². The molecular weight excluding hydrogens is 1370 g/mol. The monoisotopic (exact) mass is 1440 g/mol. The van der Waals surface area contributed by atoms with Crippen molar-refractivity contribution >= 4 is 144 Å². The van der Waals surface area contributed by atoms with Crippen molar-refractivity contribution in [1.29, 1.82) is 0 Å². The van der Waals surface area contributed by atoms with Gasteiger partial charge in [-0.15, -0.1) is 0 Å². The van der Waals surface area contributed by atoms with Gasteiger partial charge in [-0.05, 0) is 205 Å². The van der Waals surface area contributed by atoms with Crippen LogP contribution in [-0.4, -0.2) is 25.0 Å². The van der Waals surface area contributed by atoms with Crippen molar-refractivity contribution in [3.8, 4) is 67.3 Å². The van der Waals surface area contributed by atoms with Gasteiger partial charge in [-0.2, -0.15) is 0 Å². The van der Waals surface area contributed by atoms with Crippen LogP contribution in [0.1, 0.15) is 26.3 Å². The quantitative estimate of drug-likeness (QED) is 0.128. The number of nitrogens with zero attached hydrogens (tertiary/aromatic N) is 6. The normalized spacial score (nSPS) is 12.7. The van der Waals surface area contributed by atoms with E-state index in [0.717, 1.165) is 134 Å². The average molecular weight is 1440 g/mol. The highest BCUT2D eigenvalue weighted by Crippen LogP contribution is 2.54. The number of hydrogen-bond donors (Lipinski definition) is 0. The lowest BCUT2D eigenvalue weighted by Crippen LogP contribution is -2.61. The molecule has 0 spiro atoms. The van der Waals surface area contributed by atoms with E-state index in [1.165, 1.54) is 76.5 Å². The number of aromatic nitrogens is 4. The van der Waals surface area contributed by atoms with Gasteiger partial charge in [-0.25, -0.2) is 0 Å². The Morgan fingerprint density at radius 1 is 0.204 bits per heavy atom.